The largest absolute Gasteiger partial charge is 0.390 e. The summed E-state index contributed by atoms with van der Waals surface area (Å²) in [5.41, 5.74) is -0.348. The van der Waals surface area contributed by atoms with Gasteiger partial charge in [0.2, 0.25) is 0 Å². The Morgan fingerprint density at radius 3 is 2.25 bits per heavy atom. The van der Waals surface area contributed by atoms with Crippen LogP contribution in [0.2, 0.25) is 0 Å². The van der Waals surface area contributed by atoms with Crippen LogP contribution in [0.1, 0.15) is 65.2 Å². The minimum atomic E-state index is -0.348. The lowest BCUT2D eigenvalue weighted by molar-refractivity contribution is -0.00808. The van der Waals surface area contributed by atoms with Gasteiger partial charge in [0.15, 0.2) is 0 Å². The summed E-state index contributed by atoms with van der Waals surface area (Å²) in [7, 11) is 0. The number of aliphatic hydroxyl groups is 1. The number of hydrogen-bond acceptors (Lipinski definition) is 2. The van der Waals surface area contributed by atoms with E-state index in [2.05, 4.69) is 19.2 Å². The molecule has 0 amide bonds. The Morgan fingerprint density at radius 2 is 1.81 bits per heavy atom. The summed E-state index contributed by atoms with van der Waals surface area (Å²) in [6.45, 7) is 4.40. The zero-order chi connectivity index (χ0) is 11.6. The fourth-order valence-corrected chi connectivity index (χ4v) is 3.06. The molecule has 0 spiro atoms. The van der Waals surface area contributed by atoms with Crippen LogP contribution in [0.25, 0.3) is 0 Å². The second-order valence-electron chi connectivity index (χ2n) is 5.87. The lowest BCUT2D eigenvalue weighted by Gasteiger charge is -2.37. The molecular formula is C14H27NO. The van der Waals surface area contributed by atoms with E-state index in [4.69, 9.17) is 0 Å². The van der Waals surface area contributed by atoms with Crippen molar-refractivity contribution in [1.82, 2.24) is 5.32 Å². The van der Waals surface area contributed by atoms with Crippen LogP contribution in [0.5, 0.6) is 0 Å². The average molecular weight is 225 g/mol. The first kappa shape index (κ1) is 12.4. The second kappa shape index (κ2) is 5.05. The highest BCUT2D eigenvalue weighted by Crippen LogP contribution is 2.36. The van der Waals surface area contributed by atoms with Crippen LogP contribution < -0.4 is 5.32 Å². The summed E-state index contributed by atoms with van der Waals surface area (Å²) < 4.78 is 0. The molecule has 2 heteroatoms. The van der Waals surface area contributed by atoms with E-state index in [1.165, 1.54) is 19.3 Å². The van der Waals surface area contributed by atoms with Gasteiger partial charge in [-0.15, -0.1) is 0 Å². The number of rotatable bonds is 5. The molecule has 0 aromatic rings. The van der Waals surface area contributed by atoms with Crippen LogP contribution in [0.3, 0.4) is 0 Å². The van der Waals surface area contributed by atoms with Crippen LogP contribution in [-0.2, 0) is 0 Å². The topological polar surface area (TPSA) is 32.3 Å². The summed E-state index contributed by atoms with van der Waals surface area (Å²) in [5, 5.41) is 14.0. The van der Waals surface area contributed by atoms with Gasteiger partial charge in [0.1, 0.15) is 0 Å². The summed E-state index contributed by atoms with van der Waals surface area (Å²) in [6, 6.07) is 1.41. The highest BCUT2D eigenvalue weighted by Gasteiger charge is 2.35. The molecule has 2 fully saturated rings. The van der Waals surface area contributed by atoms with Gasteiger partial charge < -0.3 is 10.4 Å². The molecule has 0 heterocycles. The van der Waals surface area contributed by atoms with E-state index < -0.39 is 0 Å². The van der Waals surface area contributed by atoms with E-state index in [1.807, 2.05) is 0 Å². The van der Waals surface area contributed by atoms with E-state index in [0.717, 1.165) is 44.1 Å². The van der Waals surface area contributed by atoms with Gasteiger partial charge in [-0.1, -0.05) is 13.8 Å². The molecule has 94 valence electrons. The normalized spacial score (nSPS) is 37.3. The second-order valence-corrected chi connectivity index (χ2v) is 5.87. The fourth-order valence-electron chi connectivity index (χ4n) is 3.06. The standard InChI is InChI=1S/C14H27NO/c1-3-13(11-5-6-11)15-12-7-9-14(16,4-2)10-8-12/h11-13,15-16H,3-10H2,1-2H3. The molecule has 1 unspecified atom stereocenters. The maximum absolute atomic E-state index is 10.2. The van der Waals surface area contributed by atoms with Crippen molar-refractivity contribution in [2.75, 3.05) is 0 Å². The Bertz CT molecular complexity index is 217. The fraction of sp³-hybridized carbons (Fsp3) is 1.00. The molecule has 0 radical (unpaired) electrons. The first-order valence-electron chi connectivity index (χ1n) is 7.15. The van der Waals surface area contributed by atoms with Crippen LogP contribution in [0.15, 0.2) is 0 Å². The molecule has 0 aliphatic heterocycles. The third-order valence-electron chi connectivity index (χ3n) is 4.66. The summed E-state index contributed by atoms with van der Waals surface area (Å²) in [6.07, 6.45) is 9.33. The maximum atomic E-state index is 10.2. The monoisotopic (exact) mass is 225 g/mol. The highest BCUT2D eigenvalue weighted by atomic mass is 16.3. The highest BCUT2D eigenvalue weighted by molar-refractivity contribution is 4.92. The first-order chi connectivity index (χ1) is 7.67. The summed E-state index contributed by atoms with van der Waals surface area (Å²) in [4.78, 5) is 0. The van der Waals surface area contributed by atoms with E-state index in [1.54, 1.807) is 0 Å². The van der Waals surface area contributed by atoms with Crippen LogP contribution >= 0.6 is 0 Å². The Hall–Kier alpha value is -0.0800. The van der Waals surface area contributed by atoms with E-state index in [0.29, 0.717) is 6.04 Å². The van der Waals surface area contributed by atoms with Crippen molar-refractivity contribution in [2.45, 2.75) is 82.9 Å². The van der Waals surface area contributed by atoms with Gasteiger partial charge in [-0.2, -0.15) is 0 Å². The van der Waals surface area contributed by atoms with Crippen molar-refractivity contribution in [3.63, 3.8) is 0 Å². The molecule has 2 rings (SSSR count). The Morgan fingerprint density at radius 1 is 1.19 bits per heavy atom. The van der Waals surface area contributed by atoms with Crippen molar-refractivity contribution in [3.05, 3.63) is 0 Å². The summed E-state index contributed by atoms with van der Waals surface area (Å²) in [5.74, 6) is 0.956. The molecule has 0 bridgehead atoms. The van der Waals surface area contributed by atoms with Crippen LogP contribution in [-0.4, -0.2) is 22.8 Å². The molecule has 2 nitrogen and oxygen atoms in total. The van der Waals surface area contributed by atoms with Gasteiger partial charge in [-0.3, -0.25) is 0 Å². The SMILES string of the molecule is CCC(NC1CCC(O)(CC)CC1)C1CC1. The zero-order valence-corrected chi connectivity index (χ0v) is 10.8. The van der Waals surface area contributed by atoms with Gasteiger partial charge in [-0.05, 0) is 57.3 Å². The smallest absolute Gasteiger partial charge is 0.0646 e. The molecular weight excluding hydrogens is 198 g/mol. The molecule has 1 atom stereocenters. The third-order valence-corrected chi connectivity index (χ3v) is 4.66. The van der Waals surface area contributed by atoms with E-state index in [9.17, 15) is 5.11 Å². The van der Waals surface area contributed by atoms with Gasteiger partial charge >= 0.3 is 0 Å². The van der Waals surface area contributed by atoms with Gasteiger partial charge in [0, 0.05) is 12.1 Å². The molecule has 0 aromatic heterocycles. The Balaban J connectivity index is 1.75. The van der Waals surface area contributed by atoms with Gasteiger partial charge in [-0.25, -0.2) is 0 Å². The predicted octanol–water partition coefficient (Wildman–Crippen LogP) is 2.85. The quantitative estimate of drug-likeness (QED) is 0.754. The molecule has 0 aromatic carbocycles. The third kappa shape index (κ3) is 2.98. The Kier molecular flexibility index (Phi) is 3.91. The number of nitrogens with one attached hydrogen (secondary N) is 1. The summed E-state index contributed by atoms with van der Waals surface area (Å²) >= 11 is 0. The van der Waals surface area contributed by atoms with Crippen molar-refractivity contribution in [1.29, 1.82) is 0 Å². The van der Waals surface area contributed by atoms with Crippen LogP contribution in [0.4, 0.5) is 0 Å². The van der Waals surface area contributed by atoms with Crippen molar-refractivity contribution >= 4 is 0 Å². The maximum Gasteiger partial charge on any atom is 0.0646 e. The number of hydrogen-bond donors (Lipinski definition) is 2. The van der Waals surface area contributed by atoms with Crippen molar-refractivity contribution < 1.29 is 5.11 Å². The lowest BCUT2D eigenvalue weighted by Crippen LogP contribution is -2.45. The molecule has 2 saturated carbocycles. The lowest BCUT2D eigenvalue weighted by atomic mass is 9.80. The van der Waals surface area contributed by atoms with Crippen LogP contribution in [0, 0.1) is 5.92 Å². The molecule has 16 heavy (non-hydrogen) atoms. The molecule has 0 saturated heterocycles. The minimum Gasteiger partial charge on any atom is -0.390 e. The minimum absolute atomic E-state index is 0.348. The average Bonchev–Trinajstić information content (AvgIpc) is 3.13. The van der Waals surface area contributed by atoms with Crippen molar-refractivity contribution in [2.24, 2.45) is 5.92 Å². The molecule has 2 N–H and O–H groups in total. The molecule has 2 aliphatic rings. The van der Waals surface area contributed by atoms with Gasteiger partial charge in [0.25, 0.3) is 0 Å². The first-order valence-corrected chi connectivity index (χ1v) is 7.15. The van der Waals surface area contributed by atoms with E-state index in [-0.39, 0.29) is 5.60 Å². The van der Waals surface area contributed by atoms with Crippen molar-refractivity contribution in [3.8, 4) is 0 Å². The zero-order valence-electron chi connectivity index (χ0n) is 10.8. The Labute approximate surface area is 99.8 Å². The van der Waals surface area contributed by atoms with E-state index >= 15 is 0 Å². The van der Waals surface area contributed by atoms with Gasteiger partial charge in [0.05, 0.1) is 5.60 Å². The molecule has 2 aliphatic carbocycles. The predicted molar refractivity (Wildman–Crippen MR) is 67.4 cm³/mol.